The first-order chi connectivity index (χ1) is 14.3. The summed E-state index contributed by atoms with van der Waals surface area (Å²) in [7, 11) is -4.17. The molecule has 154 valence electrons. The lowest BCUT2D eigenvalue weighted by atomic mass is 10.1. The fraction of sp³-hybridized carbons (Fsp3) is 0.105. The summed E-state index contributed by atoms with van der Waals surface area (Å²) in [6, 6.07) is 11.4. The number of nitrogens with zero attached hydrogens (tertiary/aromatic N) is 1. The molecule has 0 saturated heterocycles. The van der Waals surface area contributed by atoms with E-state index in [1.165, 1.54) is 24.3 Å². The Morgan fingerprint density at radius 3 is 2.63 bits per heavy atom. The Morgan fingerprint density at radius 1 is 1.10 bits per heavy atom. The van der Waals surface area contributed by atoms with Gasteiger partial charge in [0.2, 0.25) is 0 Å². The molecule has 1 aliphatic heterocycles. The number of aliphatic hydroxyl groups excluding tert-OH is 1. The van der Waals surface area contributed by atoms with Crippen molar-refractivity contribution in [3.05, 3.63) is 64.2 Å². The first-order valence-corrected chi connectivity index (χ1v) is 10.3. The molecule has 0 bridgehead atoms. The Bertz CT molecular complexity index is 1310. The average Bonchev–Trinajstić information content (AvgIpc) is 3.04. The fourth-order valence-electron chi connectivity index (χ4n) is 3.37. The van der Waals surface area contributed by atoms with Gasteiger partial charge in [0.1, 0.15) is 0 Å². The van der Waals surface area contributed by atoms with E-state index in [1.54, 1.807) is 18.2 Å². The molecule has 4 N–H and O–H groups in total. The monoisotopic (exact) mass is 428 g/mol. The topological polar surface area (TPSA) is 151 Å². The van der Waals surface area contributed by atoms with Gasteiger partial charge >= 0.3 is 0 Å². The van der Waals surface area contributed by atoms with Crippen molar-refractivity contribution in [2.24, 2.45) is 0 Å². The van der Waals surface area contributed by atoms with Gasteiger partial charge in [-0.2, -0.15) is 0 Å². The molecule has 10 nitrogen and oxygen atoms in total. The summed E-state index contributed by atoms with van der Waals surface area (Å²) in [4.78, 5) is 22.5. The number of nitrogens with one attached hydrogen (secondary N) is 3. The van der Waals surface area contributed by atoms with Crippen molar-refractivity contribution >= 4 is 49.5 Å². The van der Waals surface area contributed by atoms with E-state index in [0.717, 1.165) is 6.07 Å². The van der Waals surface area contributed by atoms with E-state index in [1.807, 2.05) is 0 Å². The minimum absolute atomic E-state index is 0.0323. The average molecular weight is 428 g/mol. The van der Waals surface area contributed by atoms with Crippen LogP contribution in [0.1, 0.15) is 10.4 Å². The Hall–Kier alpha value is -3.70. The fourth-order valence-corrected chi connectivity index (χ4v) is 4.65. The summed E-state index contributed by atoms with van der Waals surface area (Å²) in [5.74, 6) is -0.313. The zero-order valence-corrected chi connectivity index (χ0v) is 16.2. The van der Waals surface area contributed by atoms with Crippen LogP contribution in [0.15, 0.2) is 53.4 Å². The maximum absolute atomic E-state index is 13.2. The summed E-state index contributed by atoms with van der Waals surface area (Å²) in [5.41, 5.74) is 0.846. The SMILES string of the molecule is O=C1Nc2ccc(S(=O)(=O)Nc3cc([N+](=O)[O-])ccc3NCCO)c3cccc1c23. The maximum Gasteiger partial charge on any atom is 0.271 e. The molecule has 3 aromatic rings. The number of non-ortho nitro benzene ring substituents is 1. The summed E-state index contributed by atoms with van der Waals surface area (Å²) in [6.45, 7) is -0.0829. The van der Waals surface area contributed by atoms with Gasteiger partial charge in [-0.25, -0.2) is 8.42 Å². The molecule has 3 aromatic carbocycles. The molecule has 0 radical (unpaired) electrons. The Labute approximate surface area is 170 Å². The van der Waals surface area contributed by atoms with Crippen molar-refractivity contribution in [1.82, 2.24) is 0 Å². The van der Waals surface area contributed by atoms with Gasteiger partial charge in [0.05, 0.1) is 27.8 Å². The van der Waals surface area contributed by atoms with Gasteiger partial charge in [-0.05, 0) is 24.3 Å². The summed E-state index contributed by atoms with van der Waals surface area (Å²) in [5, 5.41) is 26.5. The molecule has 0 atom stereocenters. The van der Waals surface area contributed by atoms with Crippen molar-refractivity contribution in [3.8, 4) is 0 Å². The van der Waals surface area contributed by atoms with Crippen molar-refractivity contribution in [2.75, 3.05) is 28.5 Å². The highest BCUT2D eigenvalue weighted by Crippen LogP contribution is 2.37. The molecular weight excluding hydrogens is 412 g/mol. The van der Waals surface area contributed by atoms with Gasteiger partial charge in [0.15, 0.2) is 0 Å². The zero-order chi connectivity index (χ0) is 21.5. The number of hydrogen-bond acceptors (Lipinski definition) is 7. The van der Waals surface area contributed by atoms with Crippen LogP contribution in [0.4, 0.5) is 22.7 Å². The van der Waals surface area contributed by atoms with Crippen molar-refractivity contribution < 1.29 is 23.2 Å². The minimum Gasteiger partial charge on any atom is -0.395 e. The molecule has 0 saturated carbocycles. The van der Waals surface area contributed by atoms with Gasteiger partial charge < -0.3 is 15.7 Å². The van der Waals surface area contributed by atoms with Crippen LogP contribution in [0.2, 0.25) is 0 Å². The zero-order valence-electron chi connectivity index (χ0n) is 15.4. The first-order valence-electron chi connectivity index (χ1n) is 8.85. The predicted molar refractivity (Wildman–Crippen MR) is 111 cm³/mol. The number of amides is 1. The summed E-state index contributed by atoms with van der Waals surface area (Å²) in [6.07, 6.45) is 0. The molecule has 0 aromatic heterocycles. The van der Waals surface area contributed by atoms with E-state index >= 15 is 0 Å². The van der Waals surface area contributed by atoms with E-state index in [0.29, 0.717) is 22.0 Å². The highest BCUT2D eigenvalue weighted by Gasteiger charge is 2.27. The van der Waals surface area contributed by atoms with E-state index in [4.69, 9.17) is 5.11 Å². The number of anilines is 3. The third-order valence-corrected chi connectivity index (χ3v) is 6.09. The lowest BCUT2D eigenvalue weighted by Gasteiger charge is -2.15. The molecule has 0 aliphatic carbocycles. The van der Waals surface area contributed by atoms with Crippen LogP contribution in [-0.4, -0.2) is 37.5 Å². The third kappa shape index (κ3) is 3.29. The molecule has 1 amide bonds. The minimum atomic E-state index is -4.17. The van der Waals surface area contributed by atoms with E-state index < -0.39 is 14.9 Å². The molecule has 1 heterocycles. The maximum atomic E-state index is 13.2. The van der Waals surface area contributed by atoms with Crippen LogP contribution in [0.25, 0.3) is 10.8 Å². The molecule has 0 fully saturated rings. The van der Waals surface area contributed by atoms with Crippen LogP contribution in [-0.2, 0) is 10.0 Å². The number of aliphatic hydroxyl groups is 1. The highest BCUT2D eigenvalue weighted by atomic mass is 32.2. The number of carbonyl (C=O) groups is 1. The molecule has 0 spiro atoms. The molecule has 4 rings (SSSR count). The largest absolute Gasteiger partial charge is 0.395 e. The smallest absolute Gasteiger partial charge is 0.271 e. The Morgan fingerprint density at radius 2 is 1.90 bits per heavy atom. The predicted octanol–water partition coefficient (Wildman–Crippen LogP) is 2.52. The van der Waals surface area contributed by atoms with Crippen LogP contribution >= 0.6 is 0 Å². The summed E-state index contributed by atoms with van der Waals surface area (Å²) < 4.78 is 28.8. The molecule has 1 aliphatic rings. The number of sulfonamides is 1. The van der Waals surface area contributed by atoms with Gasteiger partial charge in [-0.15, -0.1) is 0 Å². The Kier molecular flexibility index (Phi) is 4.76. The van der Waals surface area contributed by atoms with Crippen molar-refractivity contribution in [1.29, 1.82) is 0 Å². The Balaban J connectivity index is 1.81. The first kappa shape index (κ1) is 19.6. The van der Waals surface area contributed by atoms with Crippen LogP contribution in [0.5, 0.6) is 0 Å². The quantitative estimate of drug-likeness (QED) is 0.333. The summed E-state index contributed by atoms with van der Waals surface area (Å²) >= 11 is 0. The highest BCUT2D eigenvalue weighted by molar-refractivity contribution is 7.93. The van der Waals surface area contributed by atoms with Gasteiger partial charge in [-0.1, -0.05) is 12.1 Å². The third-order valence-electron chi connectivity index (χ3n) is 4.67. The van der Waals surface area contributed by atoms with E-state index in [9.17, 15) is 23.3 Å². The van der Waals surface area contributed by atoms with Gasteiger partial charge in [0.25, 0.3) is 21.6 Å². The lowest BCUT2D eigenvalue weighted by Crippen LogP contribution is -2.16. The molecular formula is C19H16N4O6S. The second-order valence-corrected chi connectivity index (χ2v) is 8.19. The van der Waals surface area contributed by atoms with Gasteiger partial charge in [-0.3, -0.25) is 19.6 Å². The molecule has 30 heavy (non-hydrogen) atoms. The number of hydrogen-bond donors (Lipinski definition) is 4. The number of rotatable bonds is 7. The van der Waals surface area contributed by atoms with Crippen molar-refractivity contribution in [2.45, 2.75) is 4.90 Å². The number of nitro groups is 1. The van der Waals surface area contributed by atoms with Crippen molar-refractivity contribution in [3.63, 3.8) is 0 Å². The van der Waals surface area contributed by atoms with Crippen LogP contribution in [0.3, 0.4) is 0 Å². The van der Waals surface area contributed by atoms with Crippen LogP contribution in [0, 0.1) is 10.1 Å². The van der Waals surface area contributed by atoms with Gasteiger partial charge in [0, 0.05) is 40.7 Å². The number of carbonyl (C=O) groups excluding carboxylic acids is 1. The second-order valence-electron chi connectivity index (χ2n) is 6.54. The van der Waals surface area contributed by atoms with E-state index in [-0.39, 0.29) is 41.0 Å². The molecule has 11 heteroatoms. The molecule has 0 unspecified atom stereocenters. The standard InChI is InChI=1S/C19H16N4O6S/c24-9-8-20-14-5-4-11(23(26)27)10-16(14)22-30(28,29)17-7-6-15-18-12(17)2-1-3-13(18)19(25)21-15/h1-7,10,20,22,24H,8-9H2,(H,21,25). The number of nitro benzene ring substituents is 1. The van der Waals surface area contributed by atoms with Crippen LogP contribution < -0.4 is 15.4 Å². The normalized spacial score (nSPS) is 12.6. The lowest BCUT2D eigenvalue weighted by molar-refractivity contribution is -0.384. The second kappa shape index (κ2) is 7.28. The number of benzene rings is 3. The van der Waals surface area contributed by atoms with E-state index in [2.05, 4.69) is 15.4 Å².